The van der Waals surface area contributed by atoms with Crippen molar-refractivity contribution in [3.05, 3.63) is 0 Å². The number of nitrogens with zero attached hydrogens (tertiary/aromatic N) is 2. The first-order valence-electron chi connectivity index (χ1n) is 3.29. The van der Waals surface area contributed by atoms with E-state index in [1.165, 1.54) is 26.2 Å². The van der Waals surface area contributed by atoms with E-state index in [0.29, 0.717) is 0 Å². The van der Waals surface area contributed by atoms with Crippen molar-refractivity contribution >= 4 is 0 Å². The molecule has 0 radical (unpaired) electrons. The van der Waals surface area contributed by atoms with Crippen molar-refractivity contribution in [1.29, 1.82) is 0 Å². The molecule has 0 saturated carbocycles. The summed E-state index contributed by atoms with van der Waals surface area (Å²) >= 11 is 0. The van der Waals surface area contributed by atoms with Crippen LogP contribution >= 0.6 is 0 Å². The zero-order chi connectivity index (χ0) is 5.56. The fourth-order valence-corrected chi connectivity index (χ4v) is 1.49. The molecule has 3 aliphatic rings. The predicted octanol–water partition coefficient (Wildman–Crippen LogP) is -0.384. The van der Waals surface area contributed by atoms with E-state index >= 15 is 0 Å². The minimum Gasteiger partial charge on any atom is -0.300 e. The molecule has 3 rings (SSSR count). The summed E-state index contributed by atoms with van der Waals surface area (Å²) in [5, 5.41) is 0. The van der Waals surface area contributed by atoms with Crippen molar-refractivity contribution in [3.8, 4) is 0 Å². The summed E-state index contributed by atoms with van der Waals surface area (Å²) < 4.78 is 0. The van der Waals surface area contributed by atoms with Crippen LogP contribution in [-0.4, -0.2) is 49.1 Å². The molecule has 8 heavy (non-hydrogen) atoms. The van der Waals surface area contributed by atoms with Crippen LogP contribution in [0.15, 0.2) is 0 Å². The average molecular weight is 112 g/mol. The van der Waals surface area contributed by atoms with Crippen molar-refractivity contribution < 1.29 is 0 Å². The number of likely N-dealkylation sites (N-methyl/N-ethyl adjacent to an activating group) is 1. The van der Waals surface area contributed by atoms with Gasteiger partial charge in [-0.3, -0.25) is 9.80 Å². The van der Waals surface area contributed by atoms with E-state index in [1.807, 2.05) is 0 Å². The molecule has 2 heteroatoms. The molecule has 2 nitrogen and oxygen atoms in total. The van der Waals surface area contributed by atoms with Crippen LogP contribution in [0.2, 0.25) is 0 Å². The molecule has 46 valence electrons. The fourth-order valence-electron chi connectivity index (χ4n) is 1.49. The highest BCUT2D eigenvalue weighted by atomic mass is 15.4. The second kappa shape index (κ2) is 1.45. The van der Waals surface area contributed by atoms with Gasteiger partial charge in [-0.1, -0.05) is 0 Å². The third kappa shape index (κ3) is 0.501. The number of fused-ring (bicyclic) bond motifs is 2. The highest BCUT2D eigenvalue weighted by molar-refractivity contribution is 4.91. The summed E-state index contributed by atoms with van der Waals surface area (Å²) in [6.45, 7) is 5.24. The lowest BCUT2D eigenvalue weighted by Gasteiger charge is -2.50. The number of piperazine rings is 2. The van der Waals surface area contributed by atoms with Crippen molar-refractivity contribution in [1.82, 2.24) is 9.80 Å². The van der Waals surface area contributed by atoms with Crippen LogP contribution < -0.4 is 0 Å². The average Bonchev–Trinajstić information content (AvgIpc) is 1.62. The van der Waals surface area contributed by atoms with Gasteiger partial charge >= 0.3 is 0 Å². The molecule has 3 heterocycles. The zero-order valence-electron chi connectivity index (χ0n) is 5.30. The fraction of sp³-hybridized carbons (Fsp3) is 1.00. The Kier molecular flexibility index (Phi) is 0.866. The lowest BCUT2D eigenvalue weighted by molar-refractivity contribution is -0.00937. The first-order chi connectivity index (χ1) is 3.86. The Morgan fingerprint density at radius 1 is 1.25 bits per heavy atom. The van der Waals surface area contributed by atoms with Gasteiger partial charge in [-0.15, -0.1) is 0 Å². The third-order valence-corrected chi connectivity index (χ3v) is 2.33. The van der Waals surface area contributed by atoms with Gasteiger partial charge in [0.1, 0.15) is 0 Å². The minimum atomic E-state index is 0.906. The molecule has 0 atom stereocenters. The van der Waals surface area contributed by atoms with E-state index < -0.39 is 0 Å². The first-order valence-corrected chi connectivity index (χ1v) is 3.29. The van der Waals surface area contributed by atoms with E-state index in [1.54, 1.807) is 0 Å². The molecule has 0 spiro atoms. The van der Waals surface area contributed by atoms with Gasteiger partial charge in [0.15, 0.2) is 0 Å². The summed E-state index contributed by atoms with van der Waals surface area (Å²) in [5.74, 6) is 0. The molecule has 0 unspecified atom stereocenters. The van der Waals surface area contributed by atoms with E-state index in [4.69, 9.17) is 0 Å². The topological polar surface area (TPSA) is 6.48 Å². The Morgan fingerprint density at radius 3 is 2.25 bits per heavy atom. The molecule has 3 fully saturated rings. The molecular formula is C6H12N2. The van der Waals surface area contributed by atoms with Crippen LogP contribution in [0, 0.1) is 0 Å². The lowest BCUT2D eigenvalue weighted by atomic mass is 10.0. The standard InChI is InChI=1S/C6H12N2/c1-7-2-3-8-4-6(7)5-8/h6H,2-5H2,1H3. The Hall–Kier alpha value is -0.0800. The normalized spacial score (nSPS) is 46.1. The zero-order valence-corrected chi connectivity index (χ0v) is 5.30. The second-order valence-corrected chi connectivity index (χ2v) is 2.89. The van der Waals surface area contributed by atoms with E-state index in [9.17, 15) is 0 Å². The van der Waals surface area contributed by atoms with Crippen molar-refractivity contribution in [3.63, 3.8) is 0 Å². The molecule has 0 aromatic rings. The molecule has 3 aliphatic heterocycles. The predicted molar refractivity (Wildman–Crippen MR) is 32.9 cm³/mol. The summed E-state index contributed by atoms with van der Waals surface area (Å²) in [5.41, 5.74) is 0. The van der Waals surface area contributed by atoms with Gasteiger partial charge in [0.25, 0.3) is 0 Å². The molecule has 0 aromatic heterocycles. The van der Waals surface area contributed by atoms with Crippen LogP contribution in [0.5, 0.6) is 0 Å². The molecule has 2 bridgehead atoms. The van der Waals surface area contributed by atoms with Crippen molar-refractivity contribution in [2.75, 3.05) is 33.2 Å². The summed E-state index contributed by atoms with van der Waals surface area (Å²) in [4.78, 5) is 4.96. The molecule has 0 amide bonds. The summed E-state index contributed by atoms with van der Waals surface area (Å²) in [7, 11) is 2.22. The molecule has 0 aromatic carbocycles. The smallest absolute Gasteiger partial charge is 0.0347 e. The Bertz CT molecular complexity index is 91.2. The highest BCUT2D eigenvalue weighted by Crippen LogP contribution is 2.17. The molecule has 0 N–H and O–H groups in total. The number of hydrogen-bond acceptors (Lipinski definition) is 2. The van der Waals surface area contributed by atoms with Gasteiger partial charge in [-0.2, -0.15) is 0 Å². The third-order valence-electron chi connectivity index (χ3n) is 2.33. The minimum absolute atomic E-state index is 0.906. The lowest BCUT2D eigenvalue weighted by Crippen LogP contribution is -2.65. The van der Waals surface area contributed by atoms with Crippen LogP contribution in [0.25, 0.3) is 0 Å². The van der Waals surface area contributed by atoms with Gasteiger partial charge in [-0.25, -0.2) is 0 Å². The summed E-state index contributed by atoms with van der Waals surface area (Å²) in [6.07, 6.45) is 0. The molecule has 0 aliphatic carbocycles. The maximum absolute atomic E-state index is 2.50. The van der Waals surface area contributed by atoms with Gasteiger partial charge in [0.2, 0.25) is 0 Å². The monoisotopic (exact) mass is 112 g/mol. The van der Waals surface area contributed by atoms with Crippen LogP contribution in [0.4, 0.5) is 0 Å². The summed E-state index contributed by atoms with van der Waals surface area (Å²) in [6, 6.07) is 0.906. The highest BCUT2D eigenvalue weighted by Gasteiger charge is 2.33. The first kappa shape index (κ1) is 4.77. The quantitative estimate of drug-likeness (QED) is 0.421. The van der Waals surface area contributed by atoms with Crippen LogP contribution in [-0.2, 0) is 0 Å². The van der Waals surface area contributed by atoms with E-state index in [-0.39, 0.29) is 0 Å². The second-order valence-electron chi connectivity index (χ2n) is 2.89. The van der Waals surface area contributed by atoms with E-state index in [0.717, 1.165) is 6.04 Å². The van der Waals surface area contributed by atoms with Gasteiger partial charge in [0.05, 0.1) is 0 Å². The van der Waals surface area contributed by atoms with Gasteiger partial charge in [-0.05, 0) is 7.05 Å². The molecule has 3 saturated heterocycles. The maximum atomic E-state index is 2.50. The number of hydrogen-bond donors (Lipinski definition) is 0. The van der Waals surface area contributed by atoms with E-state index in [2.05, 4.69) is 16.8 Å². The number of rotatable bonds is 0. The van der Waals surface area contributed by atoms with Crippen molar-refractivity contribution in [2.45, 2.75) is 6.04 Å². The Morgan fingerprint density at radius 2 is 2.00 bits per heavy atom. The Labute approximate surface area is 50.1 Å². The van der Waals surface area contributed by atoms with Gasteiger partial charge < -0.3 is 0 Å². The maximum Gasteiger partial charge on any atom is 0.0347 e. The molecular weight excluding hydrogens is 100 g/mol. The Balaban J connectivity index is 2.01. The van der Waals surface area contributed by atoms with Crippen molar-refractivity contribution in [2.24, 2.45) is 0 Å². The van der Waals surface area contributed by atoms with Crippen LogP contribution in [0.1, 0.15) is 0 Å². The van der Waals surface area contributed by atoms with Crippen LogP contribution in [0.3, 0.4) is 0 Å². The van der Waals surface area contributed by atoms with Gasteiger partial charge in [0, 0.05) is 32.2 Å². The SMILES string of the molecule is CN1CCN2CC1C2. The largest absolute Gasteiger partial charge is 0.300 e.